The number of rotatable bonds is 3. The molecule has 0 radical (unpaired) electrons. The van der Waals surface area contributed by atoms with Crippen LogP contribution in [0.1, 0.15) is 12.8 Å². The van der Waals surface area contributed by atoms with Crippen LogP contribution in [-0.4, -0.2) is 28.0 Å². The summed E-state index contributed by atoms with van der Waals surface area (Å²) in [5.74, 6) is 1.28. The van der Waals surface area contributed by atoms with Crippen LogP contribution in [0.2, 0.25) is 5.15 Å². The zero-order chi connectivity index (χ0) is 12.5. The molecule has 3 rings (SSSR count). The average molecular weight is 264 g/mol. The Hall–Kier alpha value is -1.39. The molecule has 0 atom stereocenters. The third kappa shape index (κ3) is 2.13. The van der Waals surface area contributed by atoms with Gasteiger partial charge < -0.3 is 10.4 Å². The molecule has 2 N–H and O–H groups in total. The molecule has 0 amide bonds. The summed E-state index contributed by atoms with van der Waals surface area (Å²) in [4.78, 5) is 0. The molecular formula is C13H14ClN3O. The van der Waals surface area contributed by atoms with Gasteiger partial charge in [0.25, 0.3) is 0 Å². The molecular weight excluding hydrogens is 250 g/mol. The molecule has 1 aromatic heterocycles. The third-order valence-electron chi connectivity index (χ3n) is 3.41. The van der Waals surface area contributed by atoms with Gasteiger partial charge in [0.2, 0.25) is 0 Å². The topological polar surface area (TPSA) is 58.0 Å². The van der Waals surface area contributed by atoms with E-state index in [4.69, 9.17) is 11.6 Å². The first-order valence-corrected chi connectivity index (χ1v) is 6.44. The predicted molar refractivity (Wildman–Crippen MR) is 71.8 cm³/mol. The van der Waals surface area contributed by atoms with Crippen molar-refractivity contribution in [2.45, 2.75) is 18.9 Å². The Bertz CT molecular complexity index is 569. The van der Waals surface area contributed by atoms with Gasteiger partial charge in [0.05, 0.1) is 6.10 Å². The second kappa shape index (κ2) is 4.71. The fourth-order valence-corrected chi connectivity index (χ4v) is 2.51. The van der Waals surface area contributed by atoms with Gasteiger partial charge in [0.1, 0.15) is 0 Å². The monoisotopic (exact) mass is 263 g/mol. The molecule has 2 aromatic rings. The van der Waals surface area contributed by atoms with Crippen molar-refractivity contribution >= 4 is 28.2 Å². The lowest BCUT2D eigenvalue weighted by atomic mass is 9.82. The van der Waals surface area contributed by atoms with Crippen LogP contribution in [0.15, 0.2) is 24.3 Å². The van der Waals surface area contributed by atoms with Crippen LogP contribution < -0.4 is 5.32 Å². The lowest BCUT2D eigenvalue weighted by molar-refractivity contribution is 0.0486. The van der Waals surface area contributed by atoms with Gasteiger partial charge in [-0.25, -0.2) is 0 Å². The number of hydrogen-bond donors (Lipinski definition) is 2. The van der Waals surface area contributed by atoms with Crippen molar-refractivity contribution in [1.82, 2.24) is 10.2 Å². The number of aliphatic hydroxyl groups excluding tert-OH is 1. The fourth-order valence-electron chi connectivity index (χ4n) is 2.31. The van der Waals surface area contributed by atoms with Gasteiger partial charge >= 0.3 is 0 Å². The average Bonchev–Trinajstić information content (AvgIpc) is 2.36. The normalized spacial score (nSPS) is 22.8. The molecule has 1 aliphatic carbocycles. The number of fused-ring (bicyclic) bond motifs is 1. The Labute approximate surface area is 110 Å². The van der Waals surface area contributed by atoms with Crippen LogP contribution in [0, 0.1) is 5.92 Å². The van der Waals surface area contributed by atoms with E-state index in [1.165, 1.54) is 0 Å². The van der Waals surface area contributed by atoms with Crippen molar-refractivity contribution in [3.05, 3.63) is 29.4 Å². The quantitative estimate of drug-likeness (QED) is 0.893. The number of hydrogen-bond acceptors (Lipinski definition) is 4. The Morgan fingerprint density at radius 2 is 1.94 bits per heavy atom. The van der Waals surface area contributed by atoms with Crippen LogP contribution in [0.5, 0.6) is 0 Å². The van der Waals surface area contributed by atoms with Crippen molar-refractivity contribution in [3.63, 3.8) is 0 Å². The van der Waals surface area contributed by atoms with Crippen molar-refractivity contribution < 1.29 is 5.11 Å². The minimum Gasteiger partial charge on any atom is -0.393 e. The summed E-state index contributed by atoms with van der Waals surface area (Å²) in [6.45, 7) is 0.817. The van der Waals surface area contributed by atoms with Crippen LogP contribution in [0.4, 0.5) is 5.82 Å². The van der Waals surface area contributed by atoms with Gasteiger partial charge in [-0.1, -0.05) is 35.9 Å². The number of aromatic nitrogens is 2. The second-order valence-electron chi connectivity index (χ2n) is 4.76. The lowest BCUT2D eigenvalue weighted by Gasteiger charge is -2.31. The molecule has 5 heteroatoms. The van der Waals surface area contributed by atoms with E-state index in [2.05, 4.69) is 15.5 Å². The van der Waals surface area contributed by atoms with E-state index in [1.807, 2.05) is 24.3 Å². The molecule has 18 heavy (non-hydrogen) atoms. The molecule has 94 valence electrons. The minimum atomic E-state index is -0.121. The van der Waals surface area contributed by atoms with Gasteiger partial charge in [0.15, 0.2) is 11.0 Å². The van der Waals surface area contributed by atoms with E-state index < -0.39 is 0 Å². The maximum absolute atomic E-state index is 9.25. The van der Waals surface area contributed by atoms with Crippen molar-refractivity contribution in [1.29, 1.82) is 0 Å². The molecule has 0 bridgehead atoms. The number of nitrogens with zero attached hydrogens (tertiary/aromatic N) is 2. The van der Waals surface area contributed by atoms with E-state index >= 15 is 0 Å². The van der Waals surface area contributed by atoms with Crippen LogP contribution in [-0.2, 0) is 0 Å². The van der Waals surface area contributed by atoms with Crippen molar-refractivity contribution in [2.75, 3.05) is 11.9 Å². The first-order valence-electron chi connectivity index (χ1n) is 6.07. The van der Waals surface area contributed by atoms with Gasteiger partial charge in [-0.3, -0.25) is 0 Å². The van der Waals surface area contributed by atoms with Gasteiger partial charge in [0, 0.05) is 17.3 Å². The van der Waals surface area contributed by atoms with Gasteiger partial charge in [-0.15, -0.1) is 10.2 Å². The maximum atomic E-state index is 9.25. The largest absolute Gasteiger partial charge is 0.393 e. The molecule has 1 aromatic carbocycles. The Balaban J connectivity index is 1.81. The van der Waals surface area contributed by atoms with E-state index in [0.717, 1.165) is 36.0 Å². The Kier molecular flexibility index (Phi) is 3.06. The molecule has 4 nitrogen and oxygen atoms in total. The number of anilines is 1. The van der Waals surface area contributed by atoms with Crippen molar-refractivity contribution in [3.8, 4) is 0 Å². The van der Waals surface area contributed by atoms with E-state index in [9.17, 15) is 5.11 Å². The SMILES string of the molecule is OC1CC(CNc2nnc(Cl)c3ccccc23)C1. The summed E-state index contributed by atoms with van der Waals surface area (Å²) >= 11 is 6.01. The van der Waals surface area contributed by atoms with Crippen LogP contribution in [0.25, 0.3) is 10.8 Å². The molecule has 1 heterocycles. The Morgan fingerprint density at radius 1 is 1.22 bits per heavy atom. The number of aliphatic hydroxyl groups is 1. The summed E-state index contributed by atoms with van der Waals surface area (Å²) in [6.07, 6.45) is 1.61. The molecule has 0 spiro atoms. The maximum Gasteiger partial charge on any atom is 0.159 e. The van der Waals surface area contributed by atoms with Crippen LogP contribution in [0.3, 0.4) is 0 Å². The highest BCUT2D eigenvalue weighted by Gasteiger charge is 2.26. The first-order chi connectivity index (χ1) is 8.74. The molecule has 1 aliphatic rings. The van der Waals surface area contributed by atoms with Gasteiger partial charge in [-0.2, -0.15) is 0 Å². The van der Waals surface area contributed by atoms with Crippen molar-refractivity contribution in [2.24, 2.45) is 5.92 Å². The molecule has 0 aliphatic heterocycles. The molecule has 1 fully saturated rings. The standard InChI is InChI=1S/C13H14ClN3O/c14-12-10-3-1-2-4-11(10)13(17-16-12)15-7-8-5-9(18)6-8/h1-4,8-9,18H,5-7H2,(H,15,17). The molecule has 1 saturated carbocycles. The summed E-state index contributed by atoms with van der Waals surface area (Å²) in [7, 11) is 0. The zero-order valence-corrected chi connectivity index (χ0v) is 10.6. The summed E-state index contributed by atoms with van der Waals surface area (Å²) in [5, 5.41) is 22.9. The highest BCUT2D eigenvalue weighted by Crippen LogP contribution is 2.29. The minimum absolute atomic E-state index is 0.121. The van der Waals surface area contributed by atoms with E-state index in [1.54, 1.807) is 0 Å². The second-order valence-corrected chi connectivity index (χ2v) is 5.12. The summed E-state index contributed by atoms with van der Waals surface area (Å²) in [5.41, 5.74) is 0. The molecule has 0 unspecified atom stereocenters. The van der Waals surface area contributed by atoms with Gasteiger partial charge in [-0.05, 0) is 18.8 Å². The molecule has 0 saturated heterocycles. The highest BCUT2D eigenvalue weighted by molar-refractivity contribution is 6.34. The highest BCUT2D eigenvalue weighted by atomic mass is 35.5. The van der Waals surface area contributed by atoms with E-state index in [-0.39, 0.29) is 6.10 Å². The lowest BCUT2D eigenvalue weighted by Crippen LogP contribution is -2.33. The smallest absolute Gasteiger partial charge is 0.159 e. The predicted octanol–water partition coefficient (Wildman–Crippen LogP) is 2.47. The summed E-state index contributed by atoms with van der Waals surface area (Å²) in [6, 6.07) is 7.80. The fraction of sp³-hybridized carbons (Fsp3) is 0.385. The summed E-state index contributed by atoms with van der Waals surface area (Å²) < 4.78 is 0. The van der Waals surface area contributed by atoms with E-state index in [0.29, 0.717) is 11.1 Å². The zero-order valence-electron chi connectivity index (χ0n) is 9.81. The third-order valence-corrected chi connectivity index (χ3v) is 3.69. The first kappa shape index (κ1) is 11.7. The number of nitrogens with one attached hydrogen (secondary N) is 1. The number of halogens is 1. The number of benzene rings is 1. The van der Waals surface area contributed by atoms with Crippen LogP contribution >= 0.6 is 11.6 Å². The Morgan fingerprint density at radius 3 is 2.67 bits per heavy atom.